The number of halogens is 1. The predicted octanol–water partition coefficient (Wildman–Crippen LogP) is 4.54. The number of benzene rings is 1. The summed E-state index contributed by atoms with van der Waals surface area (Å²) in [4.78, 5) is 8.10. The van der Waals surface area contributed by atoms with E-state index in [2.05, 4.69) is 79.8 Å². The van der Waals surface area contributed by atoms with Crippen molar-refractivity contribution in [3.63, 3.8) is 0 Å². The van der Waals surface area contributed by atoms with Crippen LogP contribution in [0.5, 0.6) is 0 Å². The quantitative estimate of drug-likeness (QED) is 0.550. The van der Waals surface area contributed by atoms with E-state index in [1.807, 2.05) is 7.05 Å². The third-order valence-electron chi connectivity index (χ3n) is 4.48. The normalized spacial score (nSPS) is 16.1. The van der Waals surface area contributed by atoms with Crippen LogP contribution in [0.15, 0.2) is 45.2 Å². The molecule has 1 aliphatic rings. The summed E-state index contributed by atoms with van der Waals surface area (Å²) in [6.07, 6.45) is 2.60. The molecule has 1 fully saturated rings. The zero-order valence-electron chi connectivity index (χ0n) is 14.8. The number of aliphatic imine (C=N–C) groups is 1. The number of anilines is 1. The highest BCUT2D eigenvalue weighted by Crippen LogP contribution is 2.24. The van der Waals surface area contributed by atoms with E-state index in [0.29, 0.717) is 0 Å². The highest BCUT2D eigenvalue weighted by atomic mass is 79.9. The molecule has 1 unspecified atom stereocenters. The van der Waals surface area contributed by atoms with Crippen LogP contribution in [0.1, 0.15) is 36.2 Å². The minimum atomic E-state index is 0.198. The molecule has 0 radical (unpaired) electrons. The second-order valence-corrected chi connectivity index (χ2v) is 8.83. The molecule has 0 bridgehead atoms. The van der Waals surface area contributed by atoms with Crippen LogP contribution < -0.4 is 15.5 Å². The molecule has 25 heavy (non-hydrogen) atoms. The van der Waals surface area contributed by atoms with Gasteiger partial charge in [0.2, 0.25) is 0 Å². The zero-order chi connectivity index (χ0) is 17.6. The molecule has 3 rings (SSSR count). The van der Waals surface area contributed by atoms with Crippen molar-refractivity contribution in [3.8, 4) is 0 Å². The van der Waals surface area contributed by atoms with Crippen LogP contribution in [-0.2, 0) is 6.54 Å². The lowest BCUT2D eigenvalue weighted by atomic mass is 10.1. The highest BCUT2D eigenvalue weighted by Gasteiger charge is 2.14. The molecule has 2 aromatic rings. The minimum absolute atomic E-state index is 0.198. The van der Waals surface area contributed by atoms with E-state index in [0.717, 1.165) is 16.3 Å². The van der Waals surface area contributed by atoms with Gasteiger partial charge >= 0.3 is 0 Å². The van der Waals surface area contributed by atoms with Crippen molar-refractivity contribution < 1.29 is 0 Å². The number of guanidine groups is 1. The smallest absolute Gasteiger partial charge is 0.191 e. The van der Waals surface area contributed by atoms with Crippen LogP contribution in [-0.4, -0.2) is 26.1 Å². The van der Waals surface area contributed by atoms with E-state index in [9.17, 15) is 0 Å². The molecule has 0 spiro atoms. The molecule has 1 aliphatic heterocycles. The molecule has 6 heteroatoms. The van der Waals surface area contributed by atoms with E-state index in [-0.39, 0.29) is 6.04 Å². The van der Waals surface area contributed by atoms with Crippen molar-refractivity contribution >= 4 is 38.9 Å². The molecule has 2 N–H and O–H groups in total. The first-order valence-electron chi connectivity index (χ1n) is 8.72. The number of nitrogens with zero attached hydrogens (tertiary/aromatic N) is 2. The molecular weight excluding hydrogens is 396 g/mol. The summed E-state index contributed by atoms with van der Waals surface area (Å²) in [5.74, 6) is 0.823. The van der Waals surface area contributed by atoms with Crippen molar-refractivity contribution in [3.05, 3.63) is 50.6 Å². The fourth-order valence-corrected chi connectivity index (χ4v) is 4.49. The summed E-state index contributed by atoms with van der Waals surface area (Å²) >= 11 is 5.24. The van der Waals surface area contributed by atoms with Crippen LogP contribution in [0, 0.1) is 0 Å². The van der Waals surface area contributed by atoms with Crippen LogP contribution in [0.25, 0.3) is 0 Å². The van der Waals surface area contributed by atoms with Crippen molar-refractivity contribution in [1.82, 2.24) is 10.6 Å². The number of rotatable bonds is 5. The van der Waals surface area contributed by atoms with Crippen LogP contribution in [0.3, 0.4) is 0 Å². The van der Waals surface area contributed by atoms with Gasteiger partial charge in [0.1, 0.15) is 0 Å². The molecule has 1 aromatic heterocycles. The Labute approximate surface area is 162 Å². The van der Waals surface area contributed by atoms with Gasteiger partial charge in [-0.2, -0.15) is 0 Å². The Morgan fingerprint density at radius 1 is 1.28 bits per heavy atom. The predicted molar refractivity (Wildman–Crippen MR) is 112 cm³/mol. The molecule has 1 saturated heterocycles. The molecule has 0 amide bonds. The van der Waals surface area contributed by atoms with Crippen LogP contribution in [0.4, 0.5) is 5.69 Å². The fraction of sp³-hybridized carbons (Fsp3) is 0.421. The van der Waals surface area contributed by atoms with Crippen molar-refractivity contribution in [2.45, 2.75) is 32.4 Å². The van der Waals surface area contributed by atoms with Gasteiger partial charge in [-0.1, -0.05) is 12.1 Å². The summed E-state index contributed by atoms with van der Waals surface area (Å²) in [6, 6.07) is 13.2. The Hall–Kier alpha value is -1.53. The van der Waals surface area contributed by atoms with Crippen LogP contribution >= 0.6 is 27.3 Å². The maximum atomic E-state index is 4.35. The number of nitrogens with one attached hydrogen (secondary N) is 2. The fourth-order valence-electron chi connectivity index (χ4n) is 3.07. The number of hydrogen-bond acceptors (Lipinski definition) is 3. The molecule has 0 saturated carbocycles. The topological polar surface area (TPSA) is 39.7 Å². The first-order chi connectivity index (χ1) is 12.2. The first-order valence-corrected chi connectivity index (χ1v) is 10.3. The van der Waals surface area contributed by atoms with Gasteiger partial charge in [-0.3, -0.25) is 4.99 Å². The lowest BCUT2D eigenvalue weighted by Gasteiger charge is -2.22. The third-order valence-corrected chi connectivity index (χ3v) is 6.10. The maximum Gasteiger partial charge on any atom is 0.191 e. The van der Waals surface area contributed by atoms with Gasteiger partial charge in [0.15, 0.2) is 5.96 Å². The van der Waals surface area contributed by atoms with Gasteiger partial charge in [0, 0.05) is 30.7 Å². The van der Waals surface area contributed by atoms with Gasteiger partial charge < -0.3 is 15.5 Å². The summed E-state index contributed by atoms with van der Waals surface area (Å²) in [7, 11) is 1.81. The third kappa shape index (κ3) is 4.98. The Morgan fingerprint density at radius 2 is 2.08 bits per heavy atom. The summed E-state index contributed by atoms with van der Waals surface area (Å²) in [6.45, 7) is 5.30. The Bertz CT molecular complexity index is 722. The number of hydrogen-bond donors (Lipinski definition) is 2. The largest absolute Gasteiger partial charge is 0.372 e. The van der Waals surface area contributed by atoms with Crippen molar-refractivity contribution in [2.75, 3.05) is 25.0 Å². The van der Waals surface area contributed by atoms with Gasteiger partial charge in [-0.25, -0.2) is 0 Å². The lowest BCUT2D eigenvalue weighted by Crippen LogP contribution is -2.38. The molecular formula is C19H25BrN4S. The Kier molecular flexibility index (Phi) is 6.37. The summed E-state index contributed by atoms with van der Waals surface area (Å²) in [5, 5.41) is 6.88. The van der Waals surface area contributed by atoms with Gasteiger partial charge in [-0.05, 0) is 65.5 Å². The summed E-state index contributed by atoms with van der Waals surface area (Å²) in [5.41, 5.74) is 2.61. The average molecular weight is 421 g/mol. The summed E-state index contributed by atoms with van der Waals surface area (Å²) < 4.78 is 1.15. The maximum absolute atomic E-state index is 4.35. The second kappa shape index (κ2) is 8.72. The lowest BCUT2D eigenvalue weighted by molar-refractivity contribution is 0.686. The molecule has 1 aromatic carbocycles. The second-order valence-electron chi connectivity index (χ2n) is 6.29. The average Bonchev–Trinajstić information content (AvgIpc) is 3.30. The zero-order valence-corrected chi connectivity index (χ0v) is 17.2. The molecule has 4 nitrogen and oxygen atoms in total. The Balaban J connectivity index is 1.59. The molecule has 134 valence electrons. The van der Waals surface area contributed by atoms with Crippen LogP contribution in [0.2, 0.25) is 0 Å². The highest BCUT2D eigenvalue weighted by molar-refractivity contribution is 9.11. The van der Waals surface area contributed by atoms with Gasteiger partial charge in [-0.15, -0.1) is 11.3 Å². The SMILES string of the molecule is CN=C(NCc1ccc(Br)s1)NC(C)c1cccc(N2CCCC2)c1. The minimum Gasteiger partial charge on any atom is -0.372 e. The molecule has 1 atom stereocenters. The van der Waals surface area contributed by atoms with Gasteiger partial charge in [0.25, 0.3) is 0 Å². The van der Waals surface area contributed by atoms with E-state index >= 15 is 0 Å². The number of thiophene rings is 1. The Morgan fingerprint density at radius 3 is 2.76 bits per heavy atom. The van der Waals surface area contributed by atoms with Crippen molar-refractivity contribution in [1.29, 1.82) is 0 Å². The van der Waals surface area contributed by atoms with E-state index in [4.69, 9.17) is 0 Å². The van der Waals surface area contributed by atoms with E-state index in [1.54, 1.807) is 11.3 Å². The molecule has 2 heterocycles. The van der Waals surface area contributed by atoms with Gasteiger partial charge in [0.05, 0.1) is 16.4 Å². The van der Waals surface area contributed by atoms with E-state index < -0.39 is 0 Å². The van der Waals surface area contributed by atoms with E-state index in [1.165, 1.54) is 42.1 Å². The first kappa shape index (κ1) is 18.3. The van der Waals surface area contributed by atoms with Crippen molar-refractivity contribution in [2.24, 2.45) is 4.99 Å². The molecule has 0 aliphatic carbocycles. The monoisotopic (exact) mass is 420 g/mol. The standard InChI is InChI=1S/C19H25BrN4S/c1-14(15-6-5-7-16(12-15)24-10-3-4-11-24)23-19(21-2)22-13-17-8-9-18(20)25-17/h5-9,12,14H,3-4,10-11,13H2,1-2H3,(H2,21,22,23).